The van der Waals surface area contributed by atoms with E-state index in [9.17, 15) is 14.4 Å². The Bertz CT molecular complexity index is 1690. The second kappa shape index (κ2) is 10.2. The van der Waals surface area contributed by atoms with E-state index in [0.29, 0.717) is 28.4 Å². The fraction of sp³-hybridized carbons (Fsp3) is 0.344. The van der Waals surface area contributed by atoms with Crippen molar-refractivity contribution in [2.75, 3.05) is 24.0 Å². The molecule has 6 rings (SSSR count). The molecule has 43 heavy (non-hydrogen) atoms. The standard InChI is InChI=1S/C32H31Cl2FN4O4/c1-31(2,3)14-24-32(20-11-8-16(33)12-22(20)37-30(32)42)25(19-6-5-7-21(34)26(19)35)27-29(41)38(15-39(24)27)17-9-10-18(28(36)40)23(13-17)43-4/h5-13,24-25,27H,14-15H2,1-4H3,(H2,36,40)(H,37,42)/t24-,25?,27+,32+/m0/s1. The molecular formula is C32H31Cl2FN4O4. The van der Waals surface area contributed by atoms with Gasteiger partial charge in [-0.1, -0.05) is 62.2 Å². The van der Waals surface area contributed by atoms with Crippen LogP contribution in [0.15, 0.2) is 54.6 Å². The van der Waals surface area contributed by atoms with Crippen LogP contribution >= 0.6 is 23.2 Å². The molecule has 4 atom stereocenters. The van der Waals surface area contributed by atoms with Gasteiger partial charge in [-0.2, -0.15) is 0 Å². The Labute approximate surface area is 258 Å². The Morgan fingerprint density at radius 3 is 2.56 bits per heavy atom. The van der Waals surface area contributed by atoms with Crippen LogP contribution in [-0.4, -0.2) is 48.5 Å². The lowest BCUT2D eigenvalue weighted by atomic mass is 9.62. The van der Waals surface area contributed by atoms with Gasteiger partial charge in [-0.25, -0.2) is 4.39 Å². The van der Waals surface area contributed by atoms with E-state index < -0.39 is 35.1 Å². The highest BCUT2D eigenvalue weighted by Gasteiger charge is 2.71. The molecule has 0 aliphatic carbocycles. The number of carbonyl (C=O) groups is 3. The number of nitrogens with zero attached hydrogens (tertiary/aromatic N) is 2. The molecule has 0 radical (unpaired) electrons. The molecule has 1 spiro atoms. The summed E-state index contributed by atoms with van der Waals surface area (Å²) in [5, 5.41) is 3.36. The molecule has 3 N–H and O–H groups in total. The lowest BCUT2D eigenvalue weighted by Crippen LogP contribution is -2.52. The van der Waals surface area contributed by atoms with Gasteiger partial charge in [0.1, 0.15) is 17.0 Å². The zero-order valence-electron chi connectivity index (χ0n) is 24.1. The van der Waals surface area contributed by atoms with E-state index in [1.54, 1.807) is 47.4 Å². The van der Waals surface area contributed by atoms with Crippen LogP contribution in [0.2, 0.25) is 10.0 Å². The van der Waals surface area contributed by atoms with Crippen molar-refractivity contribution in [3.05, 3.63) is 87.2 Å². The molecule has 3 aromatic carbocycles. The summed E-state index contributed by atoms with van der Waals surface area (Å²) in [6.45, 7) is 6.34. The van der Waals surface area contributed by atoms with Gasteiger partial charge < -0.3 is 15.8 Å². The maximum atomic E-state index is 16.1. The Kier molecular flexibility index (Phi) is 6.99. The van der Waals surface area contributed by atoms with Gasteiger partial charge in [-0.05, 0) is 53.3 Å². The maximum absolute atomic E-state index is 16.1. The minimum atomic E-state index is -1.32. The van der Waals surface area contributed by atoms with E-state index in [1.807, 2.05) is 4.90 Å². The molecule has 2 saturated heterocycles. The number of halogens is 3. The van der Waals surface area contributed by atoms with Gasteiger partial charge in [0.25, 0.3) is 5.91 Å². The van der Waals surface area contributed by atoms with Crippen molar-refractivity contribution in [3.63, 3.8) is 0 Å². The number of rotatable bonds is 5. The first-order valence-electron chi connectivity index (χ1n) is 13.9. The Morgan fingerprint density at radius 2 is 1.88 bits per heavy atom. The van der Waals surface area contributed by atoms with Crippen molar-refractivity contribution in [3.8, 4) is 5.75 Å². The third kappa shape index (κ3) is 4.39. The van der Waals surface area contributed by atoms with Crippen molar-refractivity contribution < 1.29 is 23.5 Å². The van der Waals surface area contributed by atoms with Crippen molar-refractivity contribution in [1.29, 1.82) is 0 Å². The monoisotopic (exact) mass is 624 g/mol. The molecular weight excluding hydrogens is 594 g/mol. The predicted octanol–water partition coefficient (Wildman–Crippen LogP) is 5.71. The van der Waals surface area contributed by atoms with E-state index in [2.05, 4.69) is 26.1 Å². The highest BCUT2D eigenvalue weighted by Crippen LogP contribution is 2.61. The number of fused-ring (bicyclic) bond motifs is 3. The lowest BCUT2D eigenvalue weighted by Gasteiger charge is -2.40. The summed E-state index contributed by atoms with van der Waals surface area (Å²) in [5.41, 5.74) is 5.98. The summed E-state index contributed by atoms with van der Waals surface area (Å²) in [7, 11) is 1.42. The molecule has 11 heteroatoms. The topological polar surface area (TPSA) is 105 Å². The van der Waals surface area contributed by atoms with Gasteiger partial charge in [0.2, 0.25) is 11.8 Å². The van der Waals surface area contributed by atoms with Crippen LogP contribution in [0.4, 0.5) is 15.8 Å². The maximum Gasteiger partial charge on any atom is 0.252 e. The molecule has 0 bridgehead atoms. The summed E-state index contributed by atoms with van der Waals surface area (Å²) >= 11 is 12.6. The van der Waals surface area contributed by atoms with Crippen LogP contribution in [0.1, 0.15) is 54.6 Å². The average molecular weight is 626 g/mol. The van der Waals surface area contributed by atoms with Crippen molar-refractivity contribution in [2.45, 2.75) is 50.6 Å². The zero-order valence-corrected chi connectivity index (χ0v) is 25.6. The van der Waals surface area contributed by atoms with Crippen LogP contribution in [-0.2, 0) is 15.0 Å². The molecule has 2 fully saturated rings. The predicted molar refractivity (Wildman–Crippen MR) is 163 cm³/mol. The summed E-state index contributed by atoms with van der Waals surface area (Å²) < 4.78 is 21.5. The van der Waals surface area contributed by atoms with E-state index in [0.717, 1.165) is 0 Å². The van der Waals surface area contributed by atoms with Crippen LogP contribution in [0.3, 0.4) is 0 Å². The number of primary amides is 1. The smallest absolute Gasteiger partial charge is 0.252 e. The number of anilines is 2. The van der Waals surface area contributed by atoms with Crippen molar-refractivity contribution in [1.82, 2.24) is 4.90 Å². The normalized spacial score (nSPS) is 24.8. The number of hydrogen-bond acceptors (Lipinski definition) is 5. The largest absolute Gasteiger partial charge is 0.496 e. The minimum absolute atomic E-state index is 0.0951. The van der Waals surface area contributed by atoms with Crippen molar-refractivity contribution >= 4 is 52.3 Å². The second-order valence-corrected chi connectivity index (χ2v) is 13.4. The average Bonchev–Trinajstić information content (AvgIpc) is 3.52. The SMILES string of the molecule is COc1cc(N2CN3[C@@H](CC(C)(C)C)[C@@]4(C(=O)Nc5cc(Cl)ccc54)C(c4cccc(Cl)c4F)[C@@H]3C2=O)ccc1C(N)=O. The molecule has 3 aliphatic rings. The molecule has 224 valence electrons. The summed E-state index contributed by atoms with van der Waals surface area (Å²) in [4.78, 5) is 44.5. The Morgan fingerprint density at radius 1 is 1.14 bits per heavy atom. The van der Waals surface area contributed by atoms with Gasteiger partial charge in [0.15, 0.2) is 0 Å². The van der Waals surface area contributed by atoms with E-state index >= 15 is 4.39 Å². The number of nitrogens with one attached hydrogen (secondary N) is 1. The number of hydrogen-bond donors (Lipinski definition) is 2. The van der Waals surface area contributed by atoms with E-state index in [-0.39, 0.29) is 45.8 Å². The van der Waals surface area contributed by atoms with Gasteiger partial charge in [-0.3, -0.25) is 24.2 Å². The summed E-state index contributed by atoms with van der Waals surface area (Å²) in [5.74, 6) is -2.66. The number of ether oxygens (including phenoxy) is 1. The molecule has 3 amide bonds. The van der Waals surface area contributed by atoms with Crippen LogP contribution in [0, 0.1) is 11.2 Å². The van der Waals surface area contributed by atoms with Gasteiger partial charge in [0, 0.05) is 34.4 Å². The number of amides is 3. The lowest BCUT2D eigenvalue weighted by molar-refractivity contribution is -0.122. The second-order valence-electron chi connectivity index (χ2n) is 12.5. The van der Waals surface area contributed by atoms with Gasteiger partial charge >= 0.3 is 0 Å². The highest BCUT2D eigenvalue weighted by molar-refractivity contribution is 6.31. The fourth-order valence-electron chi connectivity index (χ4n) is 7.23. The van der Waals surface area contributed by atoms with Crippen molar-refractivity contribution in [2.24, 2.45) is 11.1 Å². The molecule has 0 aromatic heterocycles. The summed E-state index contributed by atoms with van der Waals surface area (Å²) in [6, 6.07) is 13.2. The zero-order chi connectivity index (χ0) is 31.0. The molecule has 8 nitrogen and oxygen atoms in total. The first-order valence-corrected chi connectivity index (χ1v) is 14.7. The third-order valence-corrected chi connectivity index (χ3v) is 9.38. The van der Waals surface area contributed by atoms with E-state index in [4.69, 9.17) is 33.7 Å². The number of methoxy groups -OCH3 is 1. The van der Waals surface area contributed by atoms with E-state index in [1.165, 1.54) is 19.2 Å². The Hall–Kier alpha value is -3.66. The van der Waals surface area contributed by atoms with Crippen LogP contribution in [0.5, 0.6) is 5.75 Å². The fourth-order valence-corrected chi connectivity index (χ4v) is 7.58. The van der Waals surface area contributed by atoms with Crippen LogP contribution in [0.25, 0.3) is 0 Å². The molecule has 3 heterocycles. The molecule has 0 saturated carbocycles. The molecule has 3 aliphatic heterocycles. The van der Waals surface area contributed by atoms with Gasteiger partial charge in [-0.15, -0.1) is 0 Å². The highest BCUT2D eigenvalue weighted by atomic mass is 35.5. The first-order chi connectivity index (χ1) is 20.3. The number of nitrogens with two attached hydrogens (primary N) is 1. The molecule has 3 aromatic rings. The quantitative estimate of drug-likeness (QED) is 0.378. The number of benzene rings is 3. The van der Waals surface area contributed by atoms with Crippen LogP contribution < -0.4 is 20.7 Å². The molecule has 1 unspecified atom stereocenters. The number of carbonyl (C=O) groups excluding carboxylic acids is 3. The summed E-state index contributed by atoms with van der Waals surface area (Å²) in [6.07, 6.45) is 0.517. The first kappa shape index (κ1) is 29.4. The Balaban J connectivity index is 1.59. The minimum Gasteiger partial charge on any atom is -0.496 e. The third-order valence-electron chi connectivity index (χ3n) is 8.85. The van der Waals surface area contributed by atoms with Gasteiger partial charge in [0.05, 0.1) is 30.4 Å².